The van der Waals surface area contributed by atoms with Crippen LogP contribution in [0.25, 0.3) is 0 Å². The topological polar surface area (TPSA) is 47.0 Å². The fraction of sp³-hybridized carbons (Fsp3) is 0.231. The van der Waals surface area contributed by atoms with E-state index in [4.69, 9.17) is 4.74 Å². The van der Waals surface area contributed by atoms with Gasteiger partial charge >= 0.3 is 0 Å². The summed E-state index contributed by atoms with van der Waals surface area (Å²) in [4.78, 5) is 8.49. The summed E-state index contributed by atoms with van der Waals surface area (Å²) in [6, 6.07) is 7.77. The van der Waals surface area contributed by atoms with Crippen molar-refractivity contribution < 1.29 is 4.74 Å². The van der Waals surface area contributed by atoms with Gasteiger partial charge in [-0.15, -0.1) is 0 Å². The molecule has 0 aromatic carbocycles. The molecule has 0 saturated carbocycles. The Hall–Kier alpha value is -1.62. The van der Waals surface area contributed by atoms with Crippen LogP contribution in [0.5, 0.6) is 5.88 Å². The van der Waals surface area contributed by atoms with E-state index in [0.717, 1.165) is 21.5 Å². The highest BCUT2D eigenvalue weighted by Gasteiger charge is 2.00. The standard InChI is InChI=1S/C13H14BrN3O/c1-9-11(14)3-4-12(17-9)16-8-10-5-6-15-13(7-10)18-2/h3-7H,8H2,1-2H3,(H,16,17). The van der Waals surface area contributed by atoms with Gasteiger partial charge in [0, 0.05) is 23.3 Å². The Morgan fingerprint density at radius 2 is 2.17 bits per heavy atom. The van der Waals surface area contributed by atoms with Gasteiger partial charge in [-0.3, -0.25) is 0 Å². The van der Waals surface area contributed by atoms with Crippen LogP contribution in [-0.4, -0.2) is 17.1 Å². The van der Waals surface area contributed by atoms with Crippen molar-refractivity contribution in [1.29, 1.82) is 0 Å². The smallest absolute Gasteiger partial charge is 0.213 e. The van der Waals surface area contributed by atoms with E-state index in [1.165, 1.54) is 0 Å². The number of nitrogens with one attached hydrogen (secondary N) is 1. The van der Waals surface area contributed by atoms with Crippen LogP contribution in [0, 0.1) is 6.92 Å². The number of rotatable bonds is 4. The van der Waals surface area contributed by atoms with Crippen molar-refractivity contribution in [2.24, 2.45) is 0 Å². The summed E-state index contributed by atoms with van der Waals surface area (Å²) in [7, 11) is 1.61. The summed E-state index contributed by atoms with van der Waals surface area (Å²) in [6.45, 7) is 2.65. The number of ether oxygens (including phenoxy) is 1. The summed E-state index contributed by atoms with van der Waals surface area (Å²) in [6.07, 6.45) is 1.73. The van der Waals surface area contributed by atoms with Crippen LogP contribution in [0.15, 0.2) is 34.9 Å². The van der Waals surface area contributed by atoms with Crippen molar-refractivity contribution >= 4 is 21.7 Å². The molecule has 0 amide bonds. The van der Waals surface area contributed by atoms with Crippen molar-refractivity contribution in [3.05, 3.63) is 46.2 Å². The Morgan fingerprint density at radius 1 is 1.33 bits per heavy atom. The van der Waals surface area contributed by atoms with E-state index >= 15 is 0 Å². The molecule has 0 aliphatic rings. The maximum Gasteiger partial charge on any atom is 0.213 e. The van der Waals surface area contributed by atoms with Gasteiger partial charge in [-0.1, -0.05) is 0 Å². The predicted octanol–water partition coefficient (Wildman–Crippen LogP) is 3.17. The molecule has 94 valence electrons. The summed E-state index contributed by atoms with van der Waals surface area (Å²) in [5.74, 6) is 1.47. The molecule has 2 rings (SSSR count). The lowest BCUT2D eigenvalue weighted by atomic mass is 10.2. The SMILES string of the molecule is COc1cc(CNc2ccc(Br)c(C)n2)ccn1. The van der Waals surface area contributed by atoms with Crippen LogP contribution in [0.4, 0.5) is 5.82 Å². The van der Waals surface area contributed by atoms with Crippen LogP contribution in [0.2, 0.25) is 0 Å². The third-order valence-electron chi connectivity index (χ3n) is 2.50. The van der Waals surface area contributed by atoms with E-state index in [0.29, 0.717) is 12.4 Å². The molecule has 2 heterocycles. The van der Waals surface area contributed by atoms with E-state index in [-0.39, 0.29) is 0 Å². The first-order valence-corrected chi connectivity index (χ1v) is 6.34. The molecule has 2 aromatic rings. The quantitative estimate of drug-likeness (QED) is 0.942. The number of aromatic nitrogens is 2. The largest absolute Gasteiger partial charge is 0.481 e. The molecule has 0 unspecified atom stereocenters. The maximum absolute atomic E-state index is 5.08. The molecule has 1 N–H and O–H groups in total. The molecule has 0 saturated heterocycles. The average Bonchev–Trinajstić information content (AvgIpc) is 2.40. The molecule has 2 aromatic heterocycles. The Bertz CT molecular complexity index is 546. The van der Waals surface area contributed by atoms with Crippen LogP contribution in [0.1, 0.15) is 11.3 Å². The first-order chi connectivity index (χ1) is 8.69. The Balaban J connectivity index is 2.04. The first-order valence-electron chi connectivity index (χ1n) is 5.55. The molecule has 4 nitrogen and oxygen atoms in total. The third kappa shape index (κ3) is 3.20. The van der Waals surface area contributed by atoms with Crippen LogP contribution in [0.3, 0.4) is 0 Å². The Morgan fingerprint density at radius 3 is 2.89 bits per heavy atom. The van der Waals surface area contributed by atoms with Gasteiger partial charge in [-0.05, 0) is 46.6 Å². The zero-order chi connectivity index (χ0) is 13.0. The molecule has 0 radical (unpaired) electrons. The van der Waals surface area contributed by atoms with Gasteiger partial charge in [0.15, 0.2) is 0 Å². The first kappa shape index (κ1) is 12.8. The number of hydrogen-bond acceptors (Lipinski definition) is 4. The number of aryl methyl sites for hydroxylation is 1. The average molecular weight is 308 g/mol. The predicted molar refractivity (Wildman–Crippen MR) is 74.8 cm³/mol. The molecular weight excluding hydrogens is 294 g/mol. The van der Waals surface area contributed by atoms with E-state index in [1.807, 2.05) is 31.2 Å². The van der Waals surface area contributed by atoms with Crippen LogP contribution in [-0.2, 0) is 6.54 Å². The zero-order valence-electron chi connectivity index (χ0n) is 10.3. The monoisotopic (exact) mass is 307 g/mol. The highest BCUT2D eigenvalue weighted by atomic mass is 79.9. The minimum atomic E-state index is 0.620. The maximum atomic E-state index is 5.08. The number of pyridine rings is 2. The summed E-state index contributed by atoms with van der Waals surface area (Å²) in [5, 5.41) is 3.27. The molecule has 0 aliphatic heterocycles. The molecule has 0 bridgehead atoms. The van der Waals surface area contributed by atoms with Gasteiger partial charge in [-0.2, -0.15) is 0 Å². The fourth-order valence-electron chi connectivity index (χ4n) is 1.51. The van der Waals surface area contributed by atoms with Gasteiger partial charge in [0.05, 0.1) is 12.8 Å². The fourth-order valence-corrected chi connectivity index (χ4v) is 1.73. The van der Waals surface area contributed by atoms with Crippen LogP contribution < -0.4 is 10.1 Å². The van der Waals surface area contributed by atoms with Gasteiger partial charge < -0.3 is 10.1 Å². The van der Waals surface area contributed by atoms with Gasteiger partial charge in [0.2, 0.25) is 5.88 Å². The second-order valence-corrected chi connectivity index (χ2v) is 4.68. The van der Waals surface area contributed by atoms with Gasteiger partial charge in [0.1, 0.15) is 5.82 Å². The van der Waals surface area contributed by atoms with Gasteiger partial charge in [-0.25, -0.2) is 9.97 Å². The van der Waals surface area contributed by atoms with E-state index < -0.39 is 0 Å². The molecule has 0 atom stereocenters. The van der Waals surface area contributed by atoms with Gasteiger partial charge in [0.25, 0.3) is 0 Å². The van der Waals surface area contributed by atoms with Crippen molar-refractivity contribution in [3.63, 3.8) is 0 Å². The molecule has 0 aliphatic carbocycles. The number of anilines is 1. The van der Waals surface area contributed by atoms with Crippen molar-refractivity contribution in [3.8, 4) is 5.88 Å². The minimum absolute atomic E-state index is 0.620. The lowest BCUT2D eigenvalue weighted by molar-refractivity contribution is 0.397. The molecule has 0 spiro atoms. The minimum Gasteiger partial charge on any atom is -0.481 e. The van der Waals surface area contributed by atoms with E-state index in [1.54, 1.807) is 13.3 Å². The number of nitrogens with zero attached hydrogens (tertiary/aromatic N) is 2. The Kier molecular flexibility index (Phi) is 4.15. The zero-order valence-corrected chi connectivity index (χ0v) is 11.9. The summed E-state index contributed by atoms with van der Waals surface area (Å²) >= 11 is 3.43. The normalized spacial score (nSPS) is 10.2. The van der Waals surface area contributed by atoms with E-state index in [9.17, 15) is 0 Å². The van der Waals surface area contributed by atoms with Crippen molar-refractivity contribution in [1.82, 2.24) is 9.97 Å². The second kappa shape index (κ2) is 5.82. The van der Waals surface area contributed by atoms with Crippen molar-refractivity contribution in [2.45, 2.75) is 13.5 Å². The number of halogens is 1. The van der Waals surface area contributed by atoms with E-state index in [2.05, 4.69) is 31.2 Å². The molecule has 18 heavy (non-hydrogen) atoms. The third-order valence-corrected chi connectivity index (χ3v) is 3.34. The molecule has 5 heteroatoms. The highest BCUT2D eigenvalue weighted by Crippen LogP contribution is 2.17. The van der Waals surface area contributed by atoms with Crippen LogP contribution >= 0.6 is 15.9 Å². The Labute approximate surface area is 115 Å². The molecule has 0 fully saturated rings. The highest BCUT2D eigenvalue weighted by molar-refractivity contribution is 9.10. The van der Waals surface area contributed by atoms with Crippen molar-refractivity contribution in [2.75, 3.05) is 12.4 Å². The number of hydrogen-bond donors (Lipinski definition) is 1. The lowest BCUT2D eigenvalue weighted by Gasteiger charge is -2.08. The summed E-state index contributed by atoms with van der Waals surface area (Å²) in [5.41, 5.74) is 2.07. The second-order valence-electron chi connectivity index (χ2n) is 3.82. The summed E-state index contributed by atoms with van der Waals surface area (Å²) < 4.78 is 6.09. The molecular formula is C13H14BrN3O. The lowest BCUT2D eigenvalue weighted by Crippen LogP contribution is -2.02. The number of methoxy groups -OCH3 is 1.